The van der Waals surface area contributed by atoms with Crippen molar-refractivity contribution in [3.05, 3.63) is 33.4 Å². The summed E-state index contributed by atoms with van der Waals surface area (Å²) in [5, 5.41) is 0. The second kappa shape index (κ2) is 5.39. The van der Waals surface area contributed by atoms with E-state index in [-0.39, 0.29) is 0 Å². The zero-order valence-electron chi connectivity index (χ0n) is 6.93. The van der Waals surface area contributed by atoms with Crippen LogP contribution < -0.4 is 0 Å². The molecule has 1 rings (SSSR count). The lowest BCUT2D eigenvalue weighted by atomic mass is 10.2. The van der Waals surface area contributed by atoms with Crippen LogP contribution in [0.5, 0.6) is 0 Å². The van der Waals surface area contributed by atoms with Gasteiger partial charge in [0.1, 0.15) is 0 Å². The molecule has 0 saturated heterocycles. The van der Waals surface area contributed by atoms with Gasteiger partial charge >= 0.3 is 0 Å². The van der Waals surface area contributed by atoms with Crippen LogP contribution in [0, 0.1) is 3.57 Å². The first-order valence-corrected chi connectivity index (χ1v) is 5.84. The summed E-state index contributed by atoms with van der Waals surface area (Å²) in [5.41, 5.74) is 1.42. The largest absolute Gasteiger partial charge is 0.250 e. The van der Waals surface area contributed by atoms with Gasteiger partial charge in [-0.1, -0.05) is 12.1 Å². The SMILES string of the molecule is CN(I)CCc1ccc(I)cc1. The van der Waals surface area contributed by atoms with Gasteiger partial charge in [0.25, 0.3) is 0 Å². The molecule has 0 aliphatic rings. The minimum atomic E-state index is 1.11. The molecule has 3 heteroatoms. The fraction of sp³-hybridized carbons (Fsp3) is 0.333. The molecule has 0 aromatic heterocycles. The molecule has 0 N–H and O–H groups in total. The van der Waals surface area contributed by atoms with Gasteiger partial charge in [-0.05, 0) is 53.8 Å². The molecular formula is C9H11I2N. The predicted molar refractivity (Wildman–Crippen MR) is 69.5 cm³/mol. The Balaban J connectivity index is 2.48. The molecule has 0 spiro atoms. The first-order chi connectivity index (χ1) is 5.68. The van der Waals surface area contributed by atoms with Gasteiger partial charge in [0.15, 0.2) is 0 Å². The summed E-state index contributed by atoms with van der Waals surface area (Å²) in [6.45, 7) is 1.11. The standard InChI is InChI=1S/C9H11I2N/c1-12(11)7-6-8-2-4-9(10)5-3-8/h2-5H,6-7H2,1H3. The molecule has 0 amide bonds. The minimum absolute atomic E-state index is 1.11. The van der Waals surface area contributed by atoms with Gasteiger partial charge in [-0.2, -0.15) is 0 Å². The third-order valence-electron chi connectivity index (χ3n) is 1.62. The summed E-state index contributed by atoms with van der Waals surface area (Å²) in [5.74, 6) is 0. The number of hydrogen-bond donors (Lipinski definition) is 0. The third-order valence-corrected chi connectivity index (χ3v) is 2.82. The smallest absolute Gasteiger partial charge is 0.0198 e. The van der Waals surface area contributed by atoms with E-state index in [1.807, 2.05) is 0 Å². The molecule has 0 fully saturated rings. The fourth-order valence-corrected chi connectivity index (χ4v) is 1.54. The average molecular weight is 387 g/mol. The minimum Gasteiger partial charge on any atom is -0.250 e. The van der Waals surface area contributed by atoms with Crippen molar-refractivity contribution in [3.8, 4) is 0 Å². The van der Waals surface area contributed by atoms with Gasteiger partial charge in [-0.25, -0.2) is 0 Å². The van der Waals surface area contributed by atoms with Crippen LogP contribution in [-0.2, 0) is 6.42 Å². The van der Waals surface area contributed by atoms with E-state index >= 15 is 0 Å². The van der Waals surface area contributed by atoms with Crippen molar-refractivity contribution in [2.45, 2.75) is 6.42 Å². The molecule has 1 nitrogen and oxygen atoms in total. The molecule has 12 heavy (non-hydrogen) atoms. The maximum Gasteiger partial charge on any atom is 0.0198 e. The Kier molecular flexibility index (Phi) is 4.81. The van der Waals surface area contributed by atoms with Crippen molar-refractivity contribution in [3.63, 3.8) is 0 Å². The number of likely N-dealkylation sites (N-methyl/N-ethyl adjacent to an activating group) is 1. The normalized spacial score (nSPS) is 10.7. The van der Waals surface area contributed by atoms with Crippen molar-refractivity contribution < 1.29 is 0 Å². The van der Waals surface area contributed by atoms with Gasteiger partial charge in [-0.3, -0.25) is 3.11 Å². The first kappa shape index (κ1) is 10.7. The summed E-state index contributed by atoms with van der Waals surface area (Å²) in [6, 6.07) is 8.70. The predicted octanol–water partition coefficient (Wildman–Crippen LogP) is 3.12. The maximum atomic E-state index is 2.33. The topological polar surface area (TPSA) is 3.24 Å². The lowest BCUT2D eigenvalue weighted by molar-refractivity contribution is 0.611. The highest BCUT2D eigenvalue weighted by Crippen LogP contribution is 2.08. The number of halogens is 2. The lowest BCUT2D eigenvalue weighted by Gasteiger charge is -2.06. The van der Waals surface area contributed by atoms with Crippen molar-refractivity contribution >= 4 is 45.5 Å². The van der Waals surface area contributed by atoms with Crippen LogP contribution in [0.2, 0.25) is 0 Å². The molecule has 0 radical (unpaired) electrons. The van der Waals surface area contributed by atoms with Gasteiger partial charge in [0, 0.05) is 33.0 Å². The van der Waals surface area contributed by atoms with Crippen LogP contribution >= 0.6 is 45.5 Å². The quantitative estimate of drug-likeness (QED) is 0.570. The Morgan fingerprint density at radius 2 is 1.83 bits per heavy atom. The highest BCUT2D eigenvalue weighted by molar-refractivity contribution is 14.1. The van der Waals surface area contributed by atoms with Gasteiger partial charge < -0.3 is 0 Å². The maximum absolute atomic E-state index is 2.33. The number of hydrogen-bond acceptors (Lipinski definition) is 1. The average Bonchev–Trinajstić information content (AvgIpc) is 2.03. The molecule has 66 valence electrons. The molecule has 0 saturated carbocycles. The van der Waals surface area contributed by atoms with Gasteiger partial charge in [0.2, 0.25) is 0 Å². The Morgan fingerprint density at radius 3 is 2.33 bits per heavy atom. The molecule has 0 aliphatic carbocycles. The molecule has 0 aliphatic heterocycles. The van der Waals surface area contributed by atoms with E-state index in [9.17, 15) is 0 Å². The van der Waals surface area contributed by atoms with Crippen LogP contribution in [0.1, 0.15) is 5.56 Å². The van der Waals surface area contributed by atoms with E-state index in [4.69, 9.17) is 0 Å². The van der Waals surface area contributed by atoms with Crippen molar-refractivity contribution in [2.24, 2.45) is 0 Å². The van der Waals surface area contributed by atoms with Crippen LogP contribution in [0.15, 0.2) is 24.3 Å². The Labute approximate surface area is 101 Å². The van der Waals surface area contributed by atoms with Crippen LogP contribution in [0.25, 0.3) is 0 Å². The number of rotatable bonds is 3. The van der Waals surface area contributed by atoms with Gasteiger partial charge in [0.05, 0.1) is 0 Å². The molecule has 0 unspecified atom stereocenters. The van der Waals surface area contributed by atoms with E-state index in [0.29, 0.717) is 0 Å². The molecule has 0 bridgehead atoms. The highest BCUT2D eigenvalue weighted by Gasteiger charge is 1.94. The third kappa shape index (κ3) is 4.04. The summed E-state index contributed by atoms with van der Waals surface area (Å²) in [6.07, 6.45) is 1.14. The Hall–Kier alpha value is 0.640. The van der Waals surface area contributed by atoms with Gasteiger partial charge in [-0.15, -0.1) is 0 Å². The van der Waals surface area contributed by atoms with Crippen LogP contribution in [0.3, 0.4) is 0 Å². The second-order valence-electron chi connectivity index (χ2n) is 2.70. The summed E-state index contributed by atoms with van der Waals surface area (Å²) in [4.78, 5) is 0. The monoisotopic (exact) mass is 387 g/mol. The lowest BCUT2D eigenvalue weighted by Crippen LogP contribution is -2.08. The zero-order valence-corrected chi connectivity index (χ0v) is 11.2. The van der Waals surface area contributed by atoms with E-state index in [2.05, 4.69) is 79.9 Å². The van der Waals surface area contributed by atoms with Crippen molar-refractivity contribution in [1.29, 1.82) is 0 Å². The van der Waals surface area contributed by atoms with E-state index < -0.39 is 0 Å². The van der Waals surface area contributed by atoms with E-state index in [1.165, 1.54) is 9.13 Å². The van der Waals surface area contributed by atoms with E-state index in [0.717, 1.165) is 13.0 Å². The molecule has 0 atom stereocenters. The molecular weight excluding hydrogens is 376 g/mol. The van der Waals surface area contributed by atoms with Crippen molar-refractivity contribution in [2.75, 3.05) is 13.6 Å². The van der Waals surface area contributed by atoms with Crippen LogP contribution in [-0.4, -0.2) is 16.7 Å². The Morgan fingerprint density at radius 1 is 1.25 bits per heavy atom. The Bertz CT molecular complexity index is 231. The zero-order chi connectivity index (χ0) is 8.97. The first-order valence-electron chi connectivity index (χ1n) is 3.80. The van der Waals surface area contributed by atoms with Crippen molar-refractivity contribution in [1.82, 2.24) is 3.11 Å². The van der Waals surface area contributed by atoms with Crippen LogP contribution in [0.4, 0.5) is 0 Å². The highest BCUT2D eigenvalue weighted by atomic mass is 127. The second-order valence-corrected chi connectivity index (χ2v) is 5.60. The number of benzene rings is 1. The molecule has 1 aromatic carbocycles. The summed E-state index contributed by atoms with van der Waals surface area (Å²) in [7, 11) is 2.09. The summed E-state index contributed by atoms with van der Waals surface area (Å²) < 4.78 is 3.48. The molecule has 0 heterocycles. The number of nitrogens with zero attached hydrogens (tertiary/aromatic N) is 1. The molecule has 1 aromatic rings. The summed E-state index contributed by atoms with van der Waals surface area (Å²) >= 11 is 4.63. The fourth-order valence-electron chi connectivity index (χ4n) is 0.934. The van der Waals surface area contributed by atoms with E-state index in [1.54, 1.807) is 0 Å².